The minimum absolute atomic E-state index is 0.0245. The summed E-state index contributed by atoms with van der Waals surface area (Å²) in [4.78, 5) is 47.2. The van der Waals surface area contributed by atoms with E-state index in [0.29, 0.717) is 41.3 Å². The van der Waals surface area contributed by atoms with Crippen LogP contribution in [0.4, 0.5) is 9.59 Å². The quantitative estimate of drug-likeness (QED) is 0.180. The molecule has 0 radical (unpaired) electrons. The Morgan fingerprint density at radius 1 is 0.627 bits per heavy atom. The number of amides is 1. The van der Waals surface area contributed by atoms with Gasteiger partial charge in [-0.25, -0.2) is 9.59 Å². The fourth-order valence-electron chi connectivity index (χ4n) is 6.13. The van der Waals surface area contributed by atoms with Crippen LogP contribution in [0.5, 0.6) is 0 Å². The maximum Gasteiger partial charge on any atom is 0.408 e. The molecule has 0 spiro atoms. The van der Waals surface area contributed by atoms with Crippen LogP contribution in [0, 0.1) is 0 Å². The predicted octanol–water partition coefficient (Wildman–Crippen LogP) is 9.80. The number of nitrogens with two attached hydrogens (primary N) is 1. The van der Waals surface area contributed by atoms with E-state index in [4.69, 9.17) is 45.3 Å². The monoisotopic (exact) mass is 750 g/mol. The highest BCUT2D eigenvalue weighted by Crippen LogP contribution is 2.38. The van der Waals surface area contributed by atoms with Crippen LogP contribution in [0.2, 0.25) is 10.0 Å². The lowest BCUT2D eigenvalue weighted by Gasteiger charge is -2.37. The number of ether oxygens (including phenoxy) is 2. The van der Waals surface area contributed by atoms with E-state index in [1.165, 1.54) is 0 Å². The number of alkyl carbamates (subject to hydrolysis) is 1. The molecule has 6 rings (SSSR count). The molecule has 268 valence electrons. The van der Waals surface area contributed by atoms with Crippen molar-refractivity contribution >= 4 is 57.9 Å². The summed E-state index contributed by atoms with van der Waals surface area (Å²) in [6.45, 7) is 0.392. The molecule has 0 heterocycles. The molecule has 2 atom stereocenters. The smallest absolute Gasteiger partial charge is 0.408 e. The number of ketones is 2. The van der Waals surface area contributed by atoms with Gasteiger partial charge < -0.3 is 20.5 Å². The van der Waals surface area contributed by atoms with Crippen LogP contribution in [0.15, 0.2) is 109 Å². The lowest BCUT2D eigenvalue weighted by molar-refractivity contribution is -0.128. The first-order chi connectivity index (χ1) is 24.5. The second-order valence-corrected chi connectivity index (χ2v) is 13.4. The summed E-state index contributed by atoms with van der Waals surface area (Å²) in [5.74, 6) is 0.0883. The van der Waals surface area contributed by atoms with Crippen molar-refractivity contribution in [2.75, 3.05) is 0 Å². The summed E-state index contributed by atoms with van der Waals surface area (Å²) in [5.41, 5.74) is 6.70. The number of hydrogen-bond donors (Lipinski definition) is 2. The highest BCUT2D eigenvalue weighted by molar-refractivity contribution is 6.61. The fraction of sp³-hybridized carbons (Fsp3) is 0.300. The third kappa shape index (κ3) is 11.1. The van der Waals surface area contributed by atoms with Gasteiger partial charge in [0.05, 0.1) is 0 Å². The standard InChI is InChI=1S/C20H20ClNO3.C12H14ClNO.C8H7ClO2/c21-17-11-5-4-10-16(17)20(13-7-6-12-18(20)23)22-19(24)25-14-15-8-2-1-3-9-15;13-10-6-2-1-5-9(10)12(14)8-4-3-7-11(12)15;9-8(10)11-6-7-4-2-1-3-5-7/h1-5,8-11H,6-7,12-14H2,(H,22,24);1-2,5-6H,3-4,7-8,14H2;1-5H,6H2. The zero-order valence-corrected chi connectivity index (χ0v) is 30.4. The number of carbonyl (C=O) groups is 4. The van der Waals surface area contributed by atoms with Gasteiger partial charge in [0.1, 0.15) is 24.3 Å². The molecule has 11 heteroatoms. The van der Waals surface area contributed by atoms with Crippen molar-refractivity contribution in [3.05, 3.63) is 141 Å². The van der Waals surface area contributed by atoms with Gasteiger partial charge in [-0.05, 0) is 60.9 Å². The molecule has 2 saturated carbocycles. The summed E-state index contributed by atoms with van der Waals surface area (Å²) >= 11 is 17.4. The molecule has 8 nitrogen and oxygen atoms in total. The number of Topliss-reactive ketones (excluding diaryl/α,β-unsaturated/α-hetero) is 2. The minimum Gasteiger partial charge on any atom is -0.449 e. The number of carbonyl (C=O) groups excluding carboxylic acids is 4. The molecule has 2 aliphatic carbocycles. The van der Waals surface area contributed by atoms with Gasteiger partial charge in [0, 0.05) is 40.1 Å². The average Bonchev–Trinajstić information content (AvgIpc) is 3.14. The molecule has 3 N–H and O–H groups in total. The topological polar surface area (TPSA) is 125 Å². The first kappa shape index (κ1) is 39.6. The summed E-state index contributed by atoms with van der Waals surface area (Å²) in [6, 6.07) is 33.3. The van der Waals surface area contributed by atoms with Crippen LogP contribution in [-0.4, -0.2) is 23.1 Å². The van der Waals surface area contributed by atoms with Gasteiger partial charge in [-0.1, -0.05) is 127 Å². The molecule has 2 aliphatic rings. The van der Waals surface area contributed by atoms with Crippen LogP contribution < -0.4 is 11.1 Å². The zero-order valence-electron chi connectivity index (χ0n) is 28.1. The lowest BCUT2D eigenvalue weighted by Crippen LogP contribution is -2.53. The number of rotatable bonds is 7. The predicted molar refractivity (Wildman–Crippen MR) is 200 cm³/mol. The van der Waals surface area contributed by atoms with E-state index in [1.54, 1.807) is 24.3 Å². The molecule has 0 aliphatic heterocycles. The Balaban J connectivity index is 0.000000190. The SMILES string of the molecule is NC1(c2ccccc2Cl)CCCCC1=O.O=C(Cl)OCc1ccccc1.O=C(NC1(c2ccccc2Cl)CCCCC1=O)OCc1ccccc1. The first-order valence-corrected chi connectivity index (χ1v) is 17.9. The second kappa shape index (κ2) is 19.4. The van der Waals surface area contributed by atoms with E-state index < -0.39 is 22.6 Å². The van der Waals surface area contributed by atoms with Crippen molar-refractivity contribution in [3.63, 3.8) is 0 Å². The van der Waals surface area contributed by atoms with Crippen LogP contribution in [0.3, 0.4) is 0 Å². The molecular formula is C40H41Cl3N2O6. The average molecular weight is 752 g/mol. The van der Waals surface area contributed by atoms with Gasteiger partial charge in [-0.3, -0.25) is 9.59 Å². The Kier molecular flexibility index (Phi) is 15.1. The fourth-order valence-corrected chi connectivity index (χ4v) is 6.78. The second-order valence-electron chi connectivity index (χ2n) is 12.3. The third-order valence-corrected chi connectivity index (χ3v) is 9.58. The van der Waals surface area contributed by atoms with Gasteiger partial charge in [-0.2, -0.15) is 0 Å². The molecule has 51 heavy (non-hydrogen) atoms. The highest BCUT2D eigenvalue weighted by Gasteiger charge is 2.44. The van der Waals surface area contributed by atoms with E-state index in [-0.39, 0.29) is 24.8 Å². The number of halogens is 3. The van der Waals surface area contributed by atoms with Crippen LogP contribution >= 0.6 is 34.8 Å². The van der Waals surface area contributed by atoms with Gasteiger partial charge in [-0.15, -0.1) is 0 Å². The molecule has 0 aromatic heterocycles. The van der Waals surface area contributed by atoms with Crippen molar-refractivity contribution in [1.29, 1.82) is 0 Å². The number of nitrogens with one attached hydrogen (secondary N) is 1. The molecule has 0 bridgehead atoms. The van der Waals surface area contributed by atoms with Gasteiger partial charge >= 0.3 is 11.5 Å². The maximum atomic E-state index is 12.7. The third-order valence-electron chi connectivity index (χ3n) is 8.82. The van der Waals surface area contributed by atoms with E-state index in [1.807, 2.05) is 84.9 Å². The molecule has 2 unspecified atom stereocenters. The highest BCUT2D eigenvalue weighted by atomic mass is 35.5. The van der Waals surface area contributed by atoms with Crippen molar-refractivity contribution < 1.29 is 28.7 Å². The largest absolute Gasteiger partial charge is 0.449 e. The molecule has 2 fully saturated rings. The van der Waals surface area contributed by atoms with E-state index in [0.717, 1.165) is 42.4 Å². The van der Waals surface area contributed by atoms with Crippen LogP contribution in [0.1, 0.15) is 73.6 Å². The Morgan fingerprint density at radius 2 is 1.10 bits per heavy atom. The van der Waals surface area contributed by atoms with Crippen LogP contribution in [-0.2, 0) is 43.4 Å². The molecule has 4 aromatic rings. The Bertz CT molecular complexity index is 1770. The van der Waals surface area contributed by atoms with Crippen molar-refractivity contribution in [3.8, 4) is 0 Å². The van der Waals surface area contributed by atoms with E-state index in [2.05, 4.69) is 10.1 Å². The number of hydrogen-bond acceptors (Lipinski definition) is 7. The maximum absolute atomic E-state index is 12.7. The normalized spacial score (nSPS) is 19.7. The Hall–Kier alpha value is -4.21. The number of benzene rings is 4. The van der Waals surface area contributed by atoms with E-state index in [9.17, 15) is 19.2 Å². The van der Waals surface area contributed by atoms with Crippen molar-refractivity contribution in [2.45, 2.75) is 75.7 Å². The molecule has 4 aromatic carbocycles. The molecule has 1 amide bonds. The molecular weight excluding hydrogens is 711 g/mol. The lowest BCUT2D eigenvalue weighted by atomic mass is 9.75. The summed E-state index contributed by atoms with van der Waals surface area (Å²) in [5, 5.41) is 3.88. The zero-order chi connectivity index (χ0) is 36.7. The minimum atomic E-state index is -1.11. The van der Waals surface area contributed by atoms with Gasteiger partial charge in [0.2, 0.25) is 0 Å². The summed E-state index contributed by atoms with van der Waals surface area (Å²) in [7, 11) is 0. The first-order valence-electron chi connectivity index (χ1n) is 16.8. The van der Waals surface area contributed by atoms with Crippen LogP contribution in [0.25, 0.3) is 0 Å². The molecule has 0 saturated heterocycles. The summed E-state index contributed by atoms with van der Waals surface area (Å²) in [6.07, 6.45) is 5.22. The van der Waals surface area contributed by atoms with Crippen molar-refractivity contribution in [1.82, 2.24) is 5.32 Å². The van der Waals surface area contributed by atoms with E-state index >= 15 is 0 Å². The van der Waals surface area contributed by atoms with Crippen molar-refractivity contribution in [2.24, 2.45) is 5.73 Å². The summed E-state index contributed by atoms with van der Waals surface area (Å²) < 4.78 is 9.87. The Labute approximate surface area is 313 Å². The Morgan fingerprint density at radius 3 is 1.61 bits per heavy atom. The van der Waals surface area contributed by atoms with Gasteiger partial charge in [0.25, 0.3) is 0 Å². The van der Waals surface area contributed by atoms with Gasteiger partial charge in [0.15, 0.2) is 11.6 Å².